The summed E-state index contributed by atoms with van der Waals surface area (Å²) in [6.45, 7) is 6.15. The Morgan fingerprint density at radius 3 is 2.28 bits per heavy atom. The Hall–Kier alpha value is -3.43. The molecular weight excluding hydrogens is 492 g/mol. The SMILES string of the molecule is Cc1cccc(C(C)C)c1NC(=O)CSc1nnc(CS(=O)(=O)c2ccccc2)n1-c1ccccc1. The molecule has 4 rings (SSSR count). The molecular formula is C27H28N4O3S2. The number of rotatable bonds is 9. The van der Waals surface area contributed by atoms with E-state index in [1.54, 1.807) is 34.9 Å². The summed E-state index contributed by atoms with van der Waals surface area (Å²) in [5.41, 5.74) is 3.64. The molecule has 7 nitrogen and oxygen atoms in total. The van der Waals surface area contributed by atoms with Gasteiger partial charge in [-0.1, -0.05) is 80.2 Å². The Balaban J connectivity index is 1.58. The highest BCUT2D eigenvalue weighted by molar-refractivity contribution is 7.99. The van der Waals surface area contributed by atoms with Crippen LogP contribution in [0.4, 0.5) is 5.69 Å². The van der Waals surface area contributed by atoms with Gasteiger partial charge in [0.15, 0.2) is 20.8 Å². The number of benzene rings is 3. The molecule has 3 aromatic carbocycles. The van der Waals surface area contributed by atoms with Gasteiger partial charge in [0.25, 0.3) is 0 Å². The summed E-state index contributed by atoms with van der Waals surface area (Å²) in [5, 5.41) is 11.9. The lowest BCUT2D eigenvalue weighted by atomic mass is 9.98. The maximum atomic E-state index is 13.0. The van der Waals surface area contributed by atoms with E-state index in [1.165, 1.54) is 11.8 Å². The van der Waals surface area contributed by atoms with E-state index >= 15 is 0 Å². The van der Waals surface area contributed by atoms with Gasteiger partial charge in [0.1, 0.15) is 5.75 Å². The summed E-state index contributed by atoms with van der Waals surface area (Å²) in [5.74, 6) is 0.170. The number of aromatic nitrogens is 3. The minimum Gasteiger partial charge on any atom is -0.325 e. The first kappa shape index (κ1) is 25.7. The Kier molecular flexibility index (Phi) is 7.91. The van der Waals surface area contributed by atoms with E-state index in [-0.39, 0.29) is 34.1 Å². The summed E-state index contributed by atoms with van der Waals surface area (Å²) in [4.78, 5) is 13.1. The Morgan fingerprint density at radius 1 is 0.944 bits per heavy atom. The average Bonchev–Trinajstić information content (AvgIpc) is 3.26. The maximum Gasteiger partial charge on any atom is 0.234 e. The lowest BCUT2D eigenvalue weighted by Crippen LogP contribution is -2.17. The van der Waals surface area contributed by atoms with Crippen LogP contribution in [0.15, 0.2) is 88.9 Å². The molecule has 0 fully saturated rings. The fourth-order valence-electron chi connectivity index (χ4n) is 3.85. The predicted molar refractivity (Wildman–Crippen MR) is 143 cm³/mol. The van der Waals surface area contributed by atoms with E-state index in [0.29, 0.717) is 5.16 Å². The second-order valence-corrected chi connectivity index (χ2v) is 11.6. The second-order valence-electron chi connectivity index (χ2n) is 8.67. The quantitative estimate of drug-likeness (QED) is 0.297. The van der Waals surface area contributed by atoms with Gasteiger partial charge in [-0.15, -0.1) is 10.2 Å². The van der Waals surface area contributed by atoms with Gasteiger partial charge < -0.3 is 5.32 Å². The molecule has 9 heteroatoms. The Labute approximate surface area is 215 Å². The third kappa shape index (κ3) is 5.85. The van der Waals surface area contributed by atoms with Gasteiger partial charge in [-0.3, -0.25) is 9.36 Å². The fourth-order valence-corrected chi connectivity index (χ4v) is 5.89. The van der Waals surface area contributed by atoms with Crippen LogP contribution in [-0.2, 0) is 20.4 Å². The summed E-state index contributed by atoms with van der Waals surface area (Å²) >= 11 is 1.21. The third-order valence-electron chi connectivity index (χ3n) is 5.66. The summed E-state index contributed by atoms with van der Waals surface area (Å²) < 4.78 is 27.8. The first-order chi connectivity index (χ1) is 17.3. The van der Waals surface area contributed by atoms with E-state index in [0.717, 1.165) is 22.5 Å². The van der Waals surface area contributed by atoms with Gasteiger partial charge in [0.2, 0.25) is 5.91 Å². The van der Waals surface area contributed by atoms with E-state index in [9.17, 15) is 13.2 Å². The van der Waals surface area contributed by atoms with Crippen LogP contribution in [-0.4, -0.2) is 34.8 Å². The van der Waals surface area contributed by atoms with Crippen LogP contribution in [0.1, 0.15) is 36.7 Å². The molecule has 4 aromatic rings. The molecule has 0 radical (unpaired) electrons. The van der Waals surface area contributed by atoms with E-state index in [4.69, 9.17) is 0 Å². The van der Waals surface area contributed by atoms with E-state index in [2.05, 4.69) is 29.4 Å². The molecule has 0 bridgehead atoms. The van der Waals surface area contributed by atoms with Crippen molar-refractivity contribution >= 4 is 33.2 Å². The number of nitrogens with one attached hydrogen (secondary N) is 1. The summed E-state index contributed by atoms with van der Waals surface area (Å²) in [6.07, 6.45) is 0. The first-order valence-corrected chi connectivity index (χ1v) is 14.2. The average molecular weight is 521 g/mol. The van der Waals surface area contributed by atoms with Gasteiger partial charge >= 0.3 is 0 Å². The highest BCUT2D eigenvalue weighted by Crippen LogP contribution is 2.29. The smallest absolute Gasteiger partial charge is 0.234 e. The van der Waals surface area contributed by atoms with Crippen molar-refractivity contribution < 1.29 is 13.2 Å². The number of carbonyl (C=O) groups is 1. The zero-order valence-electron chi connectivity index (χ0n) is 20.4. The predicted octanol–water partition coefficient (Wildman–Crippen LogP) is 5.40. The van der Waals surface area contributed by atoms with Crippen LogP contribution < -0.4 is 5.32 Å². The monoisotopic (exact) mass is 520 g/mol. The molecule has 0 saturated carbocycles. The van der Waals surface area contributed by atoms with E-state index in [1.807, 2.05) is 55.5 Å². The number of hydrogen-bond donors (Lipinski definition) is 1. The number of anilines is 1. The molecule has 0 atom stereocenters. The number of para-hydroxylation sites is 2. The van der Waals surface area contributed by atoms with Gasteiger partial charge in [0.05, 0.1) is 10.6 Å². The van der Waals surface area contributed by atoms with Crippen molar-refractivity contribution in [1.82, 2.24) is 14.8 Å². The van der Waals surface area contributed by atoms with Crippen molar-refractivity contribution in [3.8, 4) is 5.69 Å². The molecule has 0 aliphatic carbocycles. The minimum absolute atomic E-state index is 0.0995. The van der Waals surface area contributed by atoms with Gasteiger partial charge in [-0.05, 0) is 48.2 Å². The number of nitrogens with zero attached hydrogens (tertiary/aromatic N) is 3. The van der Waals surface area contributed by atoms with Gasteiger partial charge in [0, 0.05) is 11.4 Å². The Morgan fingerprint density at radius 2 is 1.61 bits per heavy atom. The van der Waals surface area contributed by atoms with Crippen LogP contribution >= 0.6 is 11.8 Å². The number of aryl methyl sites for hydroxylation is 1. The minimum atomic E-state index is -3.63. The number of amides is 1. The lowest BCUT2D eigenvalue weighted by Gasteiger charge is -2.16. The molecule has 0 aliphatic rings. The third-order valence-corrected chi connectivity index (χ3v) is 8.22. The molecule has 0 aliphatic heterocycles. The summed E-state index contributed by atoms with van der Waals surface area (Å²) in [7, 11) is -3.63. The van der Waals surface area contributed by atoms with Crippen LogP contribution in [0.3, 0.4) is 0 Å². The molecule has 0 saturated heterocycles. The zero-order chi connectivity index (χ0) is 25.7. The van der Waals surface area contributed by atoms with Crippen molar-refractivity contribution in [3.63, 3.8) is 0 Å². The van der Waals surface area contributed by atoms with Gasteiger partial charge in [-0.25, -0.2) is 8.42 Å². The number of sulfone groups is 1. The topological polar surface area (TPSA) is 94.0 Å². The maximum absolute atomic E-state index is 13.0. The van der Waals surface area contributed by atoms with Crippen molar-refractivity contribution in [1.29, 1.82) is 0 Å². The number of hydrogen-bond acceptors (Lipinski definition) is 6. The lowest BCUT2D eigenvalue weighted by molar-refractivity contribution is -0.113. The first-order valence-electron chi connectivity index (χ1n) is 11.6. The fraction of sp³-hybridized carbons (Fsp3) is 0.222. The number of carbonyl (C=O) groups excluding carboxylic acids is 1. The second kappa shape index (κ2) is 11.1. The Bertz CT molecular complexity index is 1450. The largest absolute Gasteiger partial charge is 0.325 e. The summed E-state index contributed by atoms with van der Waals surface area (Å²) in [6, 6.07) is 23.6. The normalized spacial score (nSPS) is 11.6. The molecule has 0 spiro atoms. The van der Waals surface area contributed by atoms with Crippen LogP contribution in [0.5, 0.6) is 0 Å². The van der Waals surface area contributed by atoms with Crippen molar-refractivity contribution in [2.24, 2.45) is 0 Å². The molecule has 1 heterocycles. The van der Waals surface area contributed by atoms with E-state index < -0.39 is 9.84 Å². The highest BCUT2D eigenvalue weighted by atomic mass is 32.2. The highest BCUT2D eigenvalue weighted by Gasteiger charge is 2.23. The molecule has 36 heavy (non-hydrogen) atoms. The van der Waals surface area contributed by atoms with Crippen molar-refractivity contribution in [2.75, 3.05) is 11.1 Å². The molecule has 1 amide bonds. The van der Waals surface area contributed by atoms with Crippen LogP contribution in [0.2, 0.25) is 0 Å². The number of thioether (sulfide) groups is 1. The van der Waals surface area contributed by atoms with Crippen LogP contribution in [0.25, 0.3) is 5.69 Å². The standard InChI is InChI=1S/C27H28N4O3S2/c1-19(2)23-16-10-11-20(3)26(23)28-25(32)17-35-27-30-29-24(31(27)21-12-6-4-7-13-21)18-36(33,34)22-14-8-5-9-15-22/h4-16,19H,17-18H2,1-3H3,(H,28,32). The van der Waals surface area contributed by atoms with Crippen LogP contribution in [0, 0.1) is 6.92 Å². The molecule has 186 valence electrons. The molecule has 0 unspecified atom stereocenters. The van der Waals surface area contributed by atoms with Crippen molar-refractivity contribution in [2.45, 2.75) is 42.5 Å². The van der Waals surface area contributed by atoms with Crippen molar-refractivity contribution in [3.05, 3.63) is 95.8 Å². The van der Waals surface area contributed by atoms with Gasteiger partial charge in [-0.2, -0.15) is 0 Å². The molecule has 1 aromatic heterocycles. The zero-order valence-corrected chi connectivity index (χ0v) is 22.0. The molecule has 1 N–H and O–H groups in total.